The van der Waals surface area contributed by atoms with Gasteiger partial charge in [-0.1, -0.05) is 12.1 Å². The van der Waals surface area contributed by atoms with E-state index in [9.17, 15) is 8.42 Å². The van der Waals surface area contributed by atoms with Gasteiger partial charge in [-0.25, -0.2) is 8.42 Å². The van der Waals surface area contributed by atoms with Crippen LogP contribution in [0, 0.1) is 0 Å². The first kappa shape index (κ1) is 14.3. The first-order valence-corrected chi connectivity index (χ1v) is 8.43. The Bertz CT molecular complexity index is 523. The number of hydrogen-bond donors (Lipinski definition) is 1. The van der Waals surface area contributed by atoms with E-state index in [2.05, 4.69) is 41.4 Å². The second-order valence-corrected chi connectivity index (χ2v) is 7.70. The van der Waals surface area contributed by atoms with Gasteiger partial charge in [-0.2, -0.15) is 0 Å². The molecule has 2 unspecified atom stereocenters. The normalized spacial score (nSPS) is 23.2. The van der Waals surface area contributed by atoms with E-state index in [0.717, 1.165) is 6.42 Å². The molecule has 0 spiro atoms. The first-order chi connectivity index (χ1) is 8.87. The topological polar surface area (TPSA) is 49.4 Å². The summed E-state index contributed by atoms with van der Waals surface area (Å²) in [7, 11) is 1.22. The SMILES string of the molecule is CC(NC1CCS(=O)(=O)C1)c1ccc(N(C)C)cc1. The third kappa shape index (κ3) is 3.70. The van der Waals surface area contributed by atoms with E-state index in [-0.39, 0.29) is 17.8 Å². The number of nitrogens with zero attached hydrogens (tertiary/aromatic N) is 1. The summed E-state index contributed by atoms with van der Waals surface area (Å²) in [5, 5.41) is 3.41. The van der Waals surface area contributed by atoms with Crippen LogP contribution < -0.4 is 10.2 Å². The van der Waals surface area contributed by atoms with E-state index in [1.807, 2.05) is 14.1 Å². The highest BCUT2D eigenvalue weighted by atomic mass is 32.2. The number of nitrogens with one attached hydrogen (secondary N) is 1. The van der Waals surface area contributed by atoms with Gasteiger partial charge in [0.2, 0.25) is 0 Å². The first-order valence-electron chi connectivity index (χ1n) is 6.61. The number of anilines is 1. The maximum atomic E-state index is 11.4. The monoisotopic (exact) mass is 282 g/mol. The lowest BCUT2D eigenvalue weighted by atomic mass is 10.1. The molecular formula is C14H22N2O2S. The minimum absolute atomic E-state index is 0.0912. The molecule has 0 saturated carbocycles. The molecule has 1 aliphatic heterocycles. The van der Waals surface area contributed by atoms with Crippen molar-refractivity contribution in [2.24, 2.45) is 0 Å². The molecule has 4 nitrogen and oxygen atoms in total. The Morgan fingerprint density at radius 1 is 1.26 bits per heavy atom. The van der Waals surface area contributed by atoms with Crippen molar-refractivity contribution in [2.75, 3.05) is 30.5 Å². The Morgan fingerprint density at radius 3 is 2.37 bits per heavy atom. The molecule has 1 saturated heterocycles. The van der Waals surface area contributed by atoms with Crippen LogP contribution in [0.25, 0.3) is 0 Å². The van der Waals surface area contributed by atoms with Gasteiger partial charge in [0.05, 0.1) is 11.5 Å². The van der Waals surface area contributed by atoms with Crippen LogP contribution >= 0.6 is 0 Å². The Morgan fingerprint density at radius 2 is 1.89 bits per heavy atom. The molecule has 0 aliphatic carbocycles. The van der Waals surface area contributed by atoms with Gasteiger partial charge in [-0.3, -0.25) is 0 Å². The van der Waals surface area contributed by atoms with Gasteiger partial charge in [0.15, 0.2) is 9.84 Å². The van der Waals surface area contributed by atoms with Gasteiger partial charge in [-0.05, 0) is 31.0 Å². The Kier molecular flexibility index (Phi) is 4.16. The predicted molar refractivity (Wildman–Crippen MR) is 79.4 cm³/mol. The van der Waals surface area contributed by atoms with Crippen LogP contribution in [0.2, 0.25) is 0 Å². The van der Waals surface area contributed by atoms with E-state index >= 15 is 0 Å². The van der Waals surface area contributed by atoms with E-state index < -0.39 is 9.84 Å². The maximum Gasteiger partial charge on any atom is 0.151 e. The molecular weight excluding hydrogens is 260 g/mol. The van der Waals surface area contributed by atoms with Crippen molar-refractivity contribution in [3.63, 3.8) is 0 Å². The molecule has 2 atom stereocenters. The van der Waals surface area contributed by atoms with E-state index in [0.29, 0.717) is 5.75 Å². The molecule has 0 bridgehead atoms. The molecule has 106 valence electrons. The molecule has 0 radical (unpaired) electrons. The zero-order valence-corrected chi connectivity index (χ0v) is 12.6. The zero-order valence-electron chi connectivity index (χ0n) is 11.8. The van der Waals surface area contributed by atoms with Crippen LogP contribution in [0.5, 0.6) is 0 Å². The van der Waals surface area contributed by atoms with Crippen molar-refractivity contribution in [1.82, 2.24) is 5.32 Å². The smallest absolute Gasteiger partial charge is 0.151 e. The molecule has 1 aromatic carbocycles. The summed E-state index contributed by atoms with van der Waals surface area (Å²) in [5.41, 5.74) is 2.36. The van der Waals surface area contributed by atoms with Crippen molar-refractivity contribution in [2.45, 2.75) is 25.4 Å². The lowest BCUT2D eigenvalue weighted by Gasteiger charge is -2.20. The third-order valence-electron chi connectivity index (χ3n) is 3.63. The second-order valence-electron chi connectivity index (χ2n) is 5.47. The number of hydrogen-bond acceptors (Lipinski definition) is 4. The van der Waals surface area contributed by atoms with Crippen LogP contribution in [-0.2, 0) is 9.84 Å². The molecule has 19 heavy (non-hydrogen) atoms. The van der Waals surface area contributed by atoms with Crippen molar-refractivity contribution in [1.29, 1.82) is 0 Å². The number of rotatable bonds is 4. The summed E-state index contributed by atoms with van der Waals surface area (Å²) in [6, 6.07) is 8.62. The minimum atomic E-state index is -2.81. The molecule has 2 rings (SSSR count). The average molecular weight is 282 g/mol. The standard InChI is InChI=1S/C14H22N2O2S/c1-11(15-13-8-9-19(17,18)10-13)12-4-6-14(7-5-12)16(2)3/h4-7,11,13,15H,8-10H2,1-3H3. The molecule has 1 fully saturated rings. The third-order valence-corrected chi connectivity index (χ3v) is 5.40. The van der Waals surface area contributed by atoms with Crippen molar-refractivity contribution in [3.05, 3.63) is 29.8 Å². The largest absolute Gasteiger partial charge is 0.378 e. The molecule has 1 aliphatic rings. The van der Waals surface area contributed by atoms with Gasteiger partial charge in [0.1, 0.15) is 0 Å². The summed E-state index contributed by atoms with van der Waals surface area (Å²) in [6.45, 7) is 2.08. The molecule has 0 aromatic heterocycles. The fourth-order valence-corrected chi connectivity index (χ4v) is 4.12. The molecule has 1 N–H and O–H groups in total. The van der Waals surface area contributed by atoms with Crippen LogP contribution in [0.4, 0.5) is 5.69 Å². The van der Waals surface area contributed by atoms with Gasteiger partial charge in [-0.15, -0.1) is 0 Å². The van der Waals surface area contributed by atoms with E-state index in [4.69, 9.17) is 0 Å². The zero-order chi connectivity index (χ0) is 14.0. The van der Waals surface area contributed by atoms with E-state index in [1.165, 1.54) is 11.3 Å². The van der Waals surface area contributed by atoms with Crippen LogP contribution in [0.1, 0.15) is 24.9 Å². The molecule has 0 amide bonds. The van der Waals surface area contributed by atoms with Gasteiger partial charge in [0.25, 0.3) is 0 Å². The van der Waals surface area contributed by atoms with Crippen LogP contribution in [0.15, 0.2) is 24.3 Å². The predicted octanol–water partition coefficient (Wildman–Crippen LogP) is 1.59. The van der Waals surface area contributed by atoms with Gasteiger partial charge in [0, 0.05) is 31.9 Å². The minimum Gasteiger partial charge on any atom is -0.378 e. The fraction of sp³-hybridized carbons (Fsp3) is 0.571. The lowest BCUT2D eigenvalue weighted by Crippen LogP contribution is -2.32. The fourth-order valence-electron chi connectivity index (χ4n) is 2.44. The van der Waals surface area contributed by atoms with Crippen LogP contribution in [0.3, 0.4) is 0 Å². The Hall–Kier alpha value is -1.07. The highest BCUT2D eigenvalue weighted by Crippen LogP contribution is 2.20. The van der Waals surface area contributed by atoms with Gasteiger partial charge < -0.3 is 10.2 Å². The van der Waals surface area contributed by atoms with E-state index in [1.54, 1.807) is 0 Å². The number of sulfone groups is 1. The summed E-state index contributed by atoms with van der Waals surface area (Å²) < 4.78 is 22.9. The van der Waals surface area contributed by atoms with Gasteiger partial charge >= 0.3 is 0 Å². The molecule has 5 heteroatoms. The van der Waals surface area contributed by atoms with Crippen molar-refractivity contribution >= 4 is 15.5 Å². The summed E-state index contributed by atoms with van der Waals surface area (Å²) in [4.78, 5) is 2.06. The van der Waals surface area contributed by atoms with Crippen molar-refractivity contribution in [3.8, 4) is 0 Å². The highest BCUT2D eigenvalue weighted by Gasteiger charge is 2.28. The van der Waals surface area contributed by atoms with Crippen molar-refractivity contribution < 1.29 is 8.42 Å². The summed E-state index contributed by atoms with van der Waals surface area (Å²) in [5.74, 6) is 0.587. The van der Waals surface area contributed by atoms with Crippen LogP contribution in [-0.4, -0.2) is 40.1 Å². The summed E-state index contributed by atoms with van der Waals surface area (Å²) >= 11 is 0. The Balaban J connectivity index is 1.98. The summed E-state index contributed by atoms with van der Waals surface area (Å²) in [6.07, 6.45) is 0.725. The number of benzene rings is 1. The molecule has 1 aromatic rings. The Labute approximate surface area is 115 Å². The quantitative estimate of drug-likeness (QED) is 0.911. The maximum absolute atomic E-state index is 11.4. The second kappa shape index (κ2) is 5.51. The lowest BCUT2D eigenvalue weighted by molar-refractivity contribution is 0.485. The molecule has 1 heterocycles. The highest BCUT2D eigenvalue weighted by molar-refractivity contribution is 7.91. The average Bonchev–Trinajstić information content (AvgIpc) is 2.68.